The number of aromatic nitrogens is 4. The standard InChI is InChI=1S/C24H21Br2N7O2/c1-24-8-14(23(35)31-17-7-3-6-16(26)30-17)33(15(24)9-24)18(34)10-32-20-12(4-2-5-13(20)25)19-21(27)28-11-29-22(19)32/h2-7,11,14-15H,8-10H2,1H3,(H2,27,28,29)(H,30,31,35)/t14-,15?,24-/m0/s1. The summed E-state index contributed by atoms with van der Waals surface area (Å²) >= 11 is 6.95. The lowest BCUT2D eigenvalue weighted by atomic mass is 10.0. The number of nitrogen functional groups attached to an aromatic ring is 1. The quantitative estimate of drug-likeness (QED) is 0.341. The van der Waals surface area contributed by atoms with Crippen molar-refractivity contribution in [2.45, 2.75) is 38.4 Å². The fourth-order valence-electron chi connectivity index (χ4n) is 5.37. The number of benzene rings is 1. The summed E-state index contributed by atoms with van der Waals surface area (Å²) in [4.78, 5) is 41.7. The van der Waals surface area contributed by atoms with Gasteiger partial charge in [-0.25, -0.2) is 15.0 Å². The van der Waals surface area contributed by atoms with Crippen molar-refractivity contribution in [1.29, 1.82) is 0 Å². The Morgan fingerprint density at radius 2 is 1.97 bits per heavy atom. The van der Waals surface area contributed by atoms with E-state index < -0.39 is 6.04 Å². The molecule has 2 fully saturated rings. The number of amides is 2. The van der Waals surface area contributed by atoms with Crippen molar-refractivity contribution < 1.29 is 9.59 Å². The molecular formula is C24H21Br2N7O2. The molecule has 1 saturated heterocycles. The zero-order valence-corrected chi connectivity index (χ0v) is 21.9. The highest BCUT2D eigenvalue weighted by molar-refractivity contribution is 9.10. The van der Waals surface area contributed by atoms with Crippen LogP contribution in [-0.2, 0) is 16.1 Å². The van der Waals surface area contributed by atoms with Crippen molar-refractivity contribution in [1.82, 2.24) is 24.4 Å². The van der Waals surface area contributed by atoms with Gasteiger partial charge in [-0.2, -0.15) is 0 Å². The second kappa shape index (κ2) is 7.99. The van der Waals surface area contributed by atoms with Crippen LogP contribution in [0.3, 0.4) is 0 Å². The Morgan fingerprint density at radius 1 is 1.17 bits per heavy atom. The van der Waals surface area contributed by atoms with E-state index >= 15 is 0 Å². The predicted molar refractivity (Wildman–Crippen MR) is 139 cm³/mol. The molecule has 4 aromatic rings. The van der Waals surface area contributed by atoms with Crippen LogP contribution in [0.15, 0.2) is 51.8 Å². The van der Waals surface area contributed by atoms with Crippen molar-refractivity contribution >= 4 is 77.2 Å². The van der Waals surface area contributed by atoms with Gasteiger partial charge in [0.15, 0.2) is 0 Å². The number of fused-ring (bicyclic) bond motifs is 4. The summed E-state index contributed by atoms with van der Waals surface area (Å²) in [5, 5.41) is 4.46. The molecule has 1 unspecified atom stereocenters. The molecule has 4 heterocycles. The average Bonchev–Trinajstić information content (AvgIpc) is 3.20. The van der Waals surface area contributed by atoms with Crippen molar-refractivity contribution in [3.05, 3.63) is 51.8 Å². The Kier molecular flexibility index (Phi) is 5.12. The number of hydrogen-bond acceptors (Lipinski definition) is 6. The van der Waals surface area contributed by atoms with E-state index in [-0.39, 0.29) is 29.8 Å². The molecule has 2 amide bonds. The number of piperidine rings is 1. The molecule has 6 rings (SSSR count). The van der Waals surface area contributed by atoms with E-state index in [0.717, 1.165) is 21.8 Å². The maximum atomic E-state index is 13.8. The fourth-order valence-corrected chi connectivity index (χ4v) is 6.29. The van der Waals surface area contributed by atoms with E-state index in [1.165, 1.54) is 6.33 Å². The number of carbonyl (C=O) groups excluding carboxylic acids is 2. The van der Waals surface area contributed by atoms with Gasteiger partial charge in [0.1, 0.15) is 40.8 Å². The molecule has 3 N–H and O–H groups in total. The molecule has 35 heavy (non-hydrogen) atoms. The van der Waals surface area contributed by atoms with Crippen LogP contribution >= 0.6 is 31.9 Å². The van der Waals surface area contributed by atoms with Gasteiger partial charge in [0, 0.05) is 15.9 Å². The molecular weight excluding hydrogens is 578 g/mol. The minimum atomic E-state index is -0.566. The summed E-state index contributed by atoms with van der Waals surface area (Å²) in [6, 6.07) is 10.6. The third-order valence-electron chi connectivity index (χ3n) is 7.12. The number of carbonyl (C=O) groups is 2. The topological polar surface area (TPSA) is 119 Å². The van der Waals surface area contributed by atoms with Gasteiger partial charge in [-0.1, -0.05) is 25.1 Å². The third-order valence-corrected chi connectivity index (χ3v) is 8.21. The predicted octanol–water partition coefficient (Wildman–Crippen LogP) is 4.10. The summed E-state index contributed by atoms with van der Waals surface area (Å²) in [6.07, 6.45) is 2.92. The van der Waals surface area contributed by atoms with Gasteiger partial charge in [0.2, 0.25) is 11.8 Å². The Labute approximate surface area is 217 Å². The number of pyridine rings is 1. The highest BCUT2D eigenvalue weighted by Gasteiger charge is 2.64. The van der Waals surface area contributed by atoms with Crippen molar-refractivity contribution in [2.24, 2.45) is 5.41 Å². The summed E-state index contributed by atoms with van der Waals surface area (Å²) < 4.78 is 3.31. The van der Waals surface area contributed by atoms with Gasteiger partial charge in [-0.3, -0.25) is 9.59 Å². The number of para-hydroxylation sites is 1. The second-order valence-electron chi connectivity index (χ2n) is 9.41. The molecule has 11 heteroatoms. The van der Waals surface area contributed by atoms with Gasteiger partial charge in [0.25, 0.3) is 0 Å². The minimum absolute atomic E-state index is 0.0323. The molecule has 178 valence electrons. The van der Waals surface area contributed by atoms with Gasteiger partial charge in [-0.05, 0) is 68.3 Å². The van der Waals surface area contributed by atoms with E-state index in [1.54, 1.807) is 23.1 Å². The molecule has 1 saturated carbocycles. The first-order valence-electron chi connectivity index (χ1n) is 11.2. The first-order valence-corrected chi connectivity index (χ1v) is 12.8. The zero-order chi connectivity index (χ0) is 24.5. The maximum absolute atomic E-state index is 13.8. The number of rotatable bonds is 4. The minimum Gasteiger partial charge on any atom is -0.383 e. The Bertz CT molecular complexity index is 1540. The normalized spacial score (nSPS) is 23.0. The molecule has 1 aromatic carbocycles. The van der Waals surface area contributed by atoms with Crippen LogP contribution in [0.1, 0.15) is 19.8 Å². The molecule has 1 aliphatic heterocycles. The number of likely N-dealkylation sites (tertiary alicyclic amines) is 1. The van der Waals surface area contributed by atoms with Gasteiger partial charge >= 0.3 is 0 Å². The van der Waals surface area contributed by atoms with Crippen molar-refractivity contribution in [2.75, 3.05) is 11.1 Å². The van der Waals surface area contributed by atoms with Gasteiger partial charge in [0.05, 0.1) is 10.9 Å². The lowest BCUT2D eigenvalue weighted by Gasteiger charge is -2.27. The smallest absolute Gasteiger partial charge is 0.248 e. The molecule has 0 radical (unpaired) electrons. The molecule has 0 spiro atoms. The molecule has 9 nitrogen and oxygen atoms in total. The SMILES string of the molecule is C[C@]12CC1N(C(=O)Cn1c3ncnc(N)c3c3cccc(Br)c31)[C@H](C(=O)Nc1cccc(Br)n1)C2. The van der Waals surface area contributed by atoms with E-state index in [0.29, 0.717) is 33.7 Å². The lowest BCUT2D eigenvalue weighted by molar-refractivity contribution is -0.138. The maximum Gasteiger partial charge on any atom is 0.248 e. The summed E-state index contributed by atoms with van der Waals surface area (Å²) in [5.41, 5.74) is 7.56. The lowest BCUT2D eigenvalue weighted by Crippen LogP contribution is -2.46. The molecule has 2 aliphatic rings. The van der Waals surface area contributed by atoms with E-state index in [4.69, 9.17) is 5.73 Å². The van der Waals surface area contributed by atoms with E-state index in [9.17, 15) is 9.59 Å². The van der Waals surface area contributed by atoms with Crippen LogP contribution in [0, 0.1) is 5.41 Å². The summed E-state index contributed by atoms with van der Waals surface area (Å²) in [5.74, 6) is 0.442. The van der Waals surface area contributed by atoms with E-state index in [1.807, 2.05) is 22.8 Å². The second-order valence-corrected chi connectivity index (χ2v) is 11.1. The van der Waals surface area contributed by atoms with Gasteiger partial charge in [-0.15, -0.1) is 0 Å². The zero-order valence-electron chi connectivity index (χ0n) is 18.7. The highest BCUT2D eigenvalue weighted by Crippen LogP contribution is 2.59. The van der Waals surface area contributed by atoms with Gasteiger partial charge < -0.3 is 20.5 Å². The summed E-state index contributed by atoms with van der Waals surface area (Å²) in [6.45, 7) is 2.16. The van der Waals surface area contributed by atoms with E-state index in [2.05, 4.69) is 59.1 Å². The average molecular weight is 599 g/mol. The number of nitrogens with two attached hydrogens (primary N) is 1. The first-order chi connectivity index (χ1) is 16.8. The first kappa shape index (κ1) is 22.4. The van der Waals surface area contributed by atoms with Crippen LogP contribution in [0.25, 0.3) is 21.9 Å². The summed E-state index contributed by atoms with van der Waals surface area (Å²) in [7, 11) is 0. The van der Waals surface area contributed by atoms with Crippen LogP contribution in [0.2, 0.25) is 0 Å². The number of nitrogens with one attached hydrogen (secondary N) is 1. The van der Waals surface area contributed by atoms with Crippen LogP contribution in [0.4, 0.5) is 11.6 Å². The molecule has 3 atom stereocenters. The van der Waals surface area contributed by atoms with Crippen LogP contribution in [0.5, 0.6) is 0 Å². The van der Waals surface area contributed by atoms with Crippen LogP contribution < -0.4 is 11.1 Å². The number of halogens is 2. The molecule has 1 aliphatic carbocycles. The highest BCUT2D eigenvalue weighted by atomic mass is 79.9. The fraction of sp³-hybridized carbons (Fsp3) is 0.292. The molecule has 0 bridgehead atoms. The van der Waals surface area contributed by atoms with Crippen molar-refractivity contribution in [3.63, 3.8) is 0 Å². The Morgan fingerprint density at radius 3 is 2.77 bits per heavy atom. The largest absolute Gasteiger partial charge is 0.383 e. The third kappa shape index (κ3) is 3.59. The molecule has 3 aromatic heterocycles. The number of nitrogens with zero attached hydrogens (tertiary/aromatic N) is 5. The van der Waals surface area contributed by atoms with Crippen LogP contribution in [-0.4, -0.2) is 48.3 Å². The van der Waals surface area contributed by atoms with Crippen molar-refractivity contribution in [3.8, 4) is 0 Å². The monoisotopic (exact) mass is 597 g/mol. The Balaban J connectivity index is 1.35. The number of anilines is 2. The number of hydrogen-bond donors (Lipinski definition) is 2. The Hall–Kier alpha value is -3.05.